The summed E-state index contributed by atoms with van der Waals surface area (Å²) in [5.41, 5.74) is 1.70. The largest absolute Gasteiger partial charge is 0.340 e. The zero-order chi connectivity index (χ0) is 16.4. The Labute approximate surface area is 135 Å². The fourth-order valence-corrected chi connectivity index (χ4v) is 2.97. The molecule has 2 aromatic rings. The first-order chi connectivity index (χ1) is 11.1. The lowest BCUT2D eigenvalue weighted by Gasteiger charge is -2.42. The van der Waals surface area contributed by atoms with Crippen molar-refractivity contribution >= 4 is 5.91 Å². The molecule has 5 heteroatoms. The molecule has 0 unspecified atom stereocenters. The van der Waals surface area contributed by atoms with Crippen molar-refractivity contribution in [3.63, 3.8) is 0 Å². The van der Waals surface area contributed by atoms with E-state index >= 15 is 0 Å². The van der Waals surface area contributed by atoms with Crippen LogP contribution in [0.25, 0.3) is 0 Å². The predicted molar refractivity (Wildman–Crippen MR) is 86.4 cm³/mol. The zero-order valence-corrected chi connectivity index (χ0v) is 13.3. The second-order valence-electron chi connectivity index (χ2n) is 6.12. The molecule has 0 spiro atoms. The highest BCUT2D eigenvalue weighted by atomic mass is 19.1. The topological polar surface area (TPSA) is 36.4 Å². The van der Waals surface area contributed by atoms with Gasteiger partial charge in [-0.3, -0.25) is 14.7 Å². The van der Waals surface area contributed by atoms with E-state index in [2.05, 4.69) is 4.98 Å². The minimum atomic E-state index is -0.463. The van der Waals surface area contributed by atoms with Crippen LogP contribution >= 0.6 is 0 Å². The molecule has 1 aliphatic rings. The number of benzene rings is 1. The van der Waals surface area contributed by atoms with Gasteiger partial charge in [0.15, 0.2) is 0 Å². The molecule has 0 N–H and O–H groups in total. The molecule has 4 nitrogen and oxygen atoms in total. The van der Waals surface area contributed by atoms with Crippen LogP contribution < -0.4 is 0 Å². The third-order valence-corrected chi connectivity index (χ3v) is 4.21. The zero-order valence-electron chi connectivity index (χ0n) is 13.3. The van der Waals surface area contributed by atoms with Crippen LogP contribution in [0.3, 0.4) is 0 Å². The summed E-state index contributed by atoms with van der Waals surface area (Å²) in [7, 11) is 3.67. The van der Waals surface area contributed by atoms with Crippen molar-refractivity contribution in [2.75, 3.05) is 27.2 Å². The first-order valence-electron chi connectivity index (χ1n) is 7.68. The minimum absolute atomic E-state index is 0.00720. The van der Waals surface area contributed by atoms with Crippen molar-refractivity contribution in [2.45, 2.75) is 12.0 Å². The third kappa shape index (κ3) is 3.24. The van der Waals surface area contributed by atoms with E-state index in [-0.39, 0.29) is 17.6 Å². The Kier molecular flexibility index (Phi) is 4.39. The first kappa shape index (κ1) is 15.6. The lowest BCUT2D eigenvalue weighted by Crippen LogP contribution is -2.52. The molecule has 1 fully saturated rings. The first-order valence-corrected chi connectivity index (χ1v) is 7.68. The van der Waals surface area contributed by atoms with Gasteiger partial charge < -0.3 is 4.90 Å². The number of carbonyl (C=O) groups is 1. The maximum atomic E-state index is 13.5. The van der Waals surface area contributed by atoms with Gasteiger partial charge in [-0.2, -0.15) is 0 Å². The lowest BCUT2D eigenvalue weighted by molar-refractivity contribution is -0.141. The maximum Gasteiger partial charge on any atom is 0.244 e. The number of likely N-dealkylation sites (N-methyl/N-ethyl adjacent to an activating group) is 1. The standard InChI is InChI=1S/C18H20FN3O/c1-21(2)17(13-6-5-7-15(19)10-13)18(23)22-11-14(12-22)16-8-3-4-9-20-16/h3-10,14,17H,11-12H2,1-2H3/t17-/m1/s1. The van der Waals surface area contributed by atoms with Crippen LogP contribution in [0, 0.1) is 5.82 Å². The van der Waals surface area contributed by atoms with E-state index in [0.29, 0.717) is 18.7 Å². The quantitative estimate of drug-likeness (QED) is 0.870. The summed E-state index contributed by atoms with van der Waals surface area (Å²) in [5.74, 6) is -0.0274. The summed E-state index contributed by atoms with van der Waals surface area (Å²) in [4.78, 5) is 20.8. The van der Waals surface area contributed by atoms with E-state index in [1.54, 1.807) is 18.3 Å². The highest BCUT2D eigenvalue weighted by molar-refractivity contribution is 5.84. The van der Waals surface area contributed by atoms with Crippen LogP contribution in [0.5, 0.6) is 0 Å². The smallest absolute Gasteiger partial charge is 0.244 e. The molecule has 0 bridgehead atoms. The van der Waals surface area contributed by atoms with Gasteiger partial charge in [-0.05, 0) is 43.9 Å². The molecule has 1 amide bonds. The molecule has 2 heterocycles. The molecule has 1 aromatic carbocycles. The summed E-state index contributed by atoms with van der Waals surface area (Å²) in [6, 6.07) is 11.6. The minimum Gasteiger partial charge on any atom is -0.340 e. The molecule has 0 aliphatic carbocycles. The monoisotopic (exact) mass is 313 g/mol. The van der Waals surface area contributed by atoms with Gasteiger partial charge in [0.1, 0.15) is 11.9 Å². The van der Waals surface area contributed by atoms with Gasteiger partial charge >= 0.3 is 0 Å². The number of rotatable bonds is 4. The van der Waals surface area contributed by atoms with E-state index < -0.39 is 6.04 Å². The number of amides is 1. The van der Waals surface area contributed by atoms with Crippen molar-refractivity contribution in [3.8, 4) is 0 Å². The van der Waals surface area contributed by atoms with Crippen LogP contribution in [0.1, 0.15) is 23.2 Å². The molecule has 0 saturated carbocycles. The van der Waals surface area contributed by atoms with Gasteiger partial charge in [0.2, 0.25) is 5.91 Å². The molecule has 3 rings (SSSR count). The maximum absolute atomic E-state index is 13.5. The van der Waals surface area contributed by atoms with Crippen molar-refractivity contribution in [1.82, 2.24) is 14.8 Å². The number of carbonyl (C=O) groups excluding carboxylic acids is 1. The Hall–Kier alpha value is -2.27. The summed E-state index contributed by atoms with van der Waals surface area (Å²) < 4.78 is 13.5. The molecular formula is C18H20FN3O. The van der Waals surface area contributed by atoms with Crippen LogP contribution in [-0.4, -0.2) is 47.9 Å². The molecule has 1 saturated heterocycles. The second kappa shape index (κ2) is 6.46. The Balaban J connectivity index is 1.71. The van der Waals surface area contributed by atoms with Crippen molar-refractivity contribution in [3.05, 3.63) is 65.7 Å². The van der Waals surface area contributed by atoms with Gasteiger partial charge in [0.25, 0.3) is 0 Å². The van der Waals surface area contributed by atoms with E-state index in [4.69, 9.17) is 0 Å². The molecule has 1 atom stereocenters. The predicted octanol–water partition coefficient (Wildman–Crippen LogP) is 2.45. The van der Waals surface area contributed by atoms with Gasteiger partial charge in [-0.1, -0.05) is 18.2 Å². The summed E-state index contributed by atoms with van der Waals surface area (Å²) in [6.07, 6.45) is 1.77. The highest BCUT2D eigenvalue weighted by Crippen LogP contribution is 2.30. The van der Waals surface area contributed by atoms with Crippen LogP contribution in [0.4, 0.5) is 4.39 Å². The number of hydrogen-bond donors (Lipinski definition) is 0. The molecule has 120 valence electrons. The number of likely N-dealkylation sites (tertiary alicyclic amines) is 1. The molecule has 0 radical (unpaired) electrons. The second-order valence-corrected chi connectivity index (χ2v) is 6.12. The van der Waals surface area contributed by atoms with E-state index in [9.17, 15) is 9.18 Å². The van der Waals surface area contributed by atoms with Crippen LogP contribution in [0.15, 0.2) is 48.7 Å². The Bertz CT molecular complexity index is 684. The Morgan fingerprint density at radius 2 is 2.04 bits per heavy atom. The highest BCUT2D eigenvalue weighted by Gasteiger charge is 2.37. The fraction of sp³-hybridized carbons (Fsp3) is 0.333. The summed E-state index contributed by atoms with van der Waals surface area (Å²) >= 11 is 0. The molecule has 1 aliphatic heterocycles. The van der Waals surface area contributed by atoms with Crippen molar-refractivity contribution in [2.24, 2.45) is 0 Å². The molecular weight excluding hydrogens is 293 g/mol. The third-order valence-electron chi connectivity index (χ3n) is 4.21. The number of halogens is 1. The van der Waals surface area contributed by atoms with Crippen molar-refractivity contribution < 1.29 is 9.18 Å². The van der Waals surface area contributed by atoms with Gasteiger partial charge in [0, 0.05) is 30.9 Å². The Morgan fingerprint density at radius 3 is 2.65 bits per heavy atom. The Morgan fingerprint density at radius 1 is 1.26 bits per heavy atom. The number of nitrogens with zero attached hydrogens (tertiary/aromatic N) is 3. The van der Waals surface area contributed by atoms with Crippen LogP contribution in [0.2, 0.25) is 0 Å². The van der Waals surface area contributed by atoms with Gasteiger partial charge in [-0.25, -0.2) is 4.39 Å². The number of hydrogen-bond acceptors (Lipinski definition) is 3. The summed E-state index contributed by atoms with van der Waals surface area (Å²) in [6.45, 7) is 1.32. The lowest BCUT2D eigenvalue weighted by atomic mass is 9.93. The number of pyridine rings is 1. The molecule has 23 heavy (non-hydrogen) atoms. The molecule has 1 aromatic heterocycles. The summed E-state index contributed by atoms with van der Waals surface area (Å²) in [5, 5.41) is 0. The normalized spacial score (nSPS) is 16.3. The number of aromatic nitrogens is 1. The van der Waals surface area contributed by atoms with E-state index in [1.165, 1.54) is 12.1 Å². The average molecular weight is 313 g/mol. The van der Waals surface area contributed by atoms with Crippen LogP contribution in [-0.2, 0) is 4.79 Å². The average Bonchev–Trinajstić information content (AvgIpc) is 2.46. The van der Waals surface area contributed by atoms with Crippen molar-refractivity contribution in [1.29, 1.82) is 0 Å². The fourth-order valence-electron chi connectivity index (χ4n) is 2.97. The van der Waals surface area contributed by atoms with E-state index in [1.807, 2.05) is 42.1 Å². The SMILES string of the molecule is CN(C)[C@@H](C(=O)N1CC(c2ccccn2)C1)c1cccc(F)c1. The van der Waals surface area contributed by atoms with Gasteiger partial charge in [0.05, 0.1) is 0 Å². The van der Waals surface area contributed by atoms with Gasteiger partial charge in [-0.15, -0.1) is 0 Å². The van der Waals surface area contributed by atoms with E-state index in [0.717, 1.165) is 5.69 Å².